The van der Waals surface area contributed by atoms with Gasteiger partial charge in [0, 0.05) is 43.2 Å². The number of carbonyl (C=O) groups is 5. The number of thioether (sulfide) groups is 1. The van der Waals surface area contributed by atoms with Crippen LogP contribution in [0.4, 0.5) is 13.2 Å². The summed E-state index contributed by atoms with van der Waals surface area (Å²) in [7, 11) is 0. The molecule has 1 aliphatic rings. The van der Waals surface area contributed by atoms with E-state index in [0.717, 1.165) is 5.56 Å². The second kappa shape index (κ2) is 18.3. The molecule has 2 atom stereocenters. The molecule has 6 N–H and O–H groups in total. The maximum Gasteiger partial charge on any atom is 0.490 e. The molecular weight excluding hydrogens is 647 g/mol. The largest absolute Gasteiger partial charge is 0.490 e. The highest BCUT2D eigenvalue weighted by Crippen LogP contribution is 2.32. The van der Waals surface area contributed by atoms with E-state index in [0.29, 0.717) is 42.2 Å². The minimum absolute atomic E-state index is 0.0118. The lowest BCUT2D eigenvalue weighted by Crippen LogP contribution is -2.43. The molecule has 0 radical (unpaired) electrons. The summed E-state index contributed by atoms with van der Waals surface area (Å²) in [6.45, 7) is 2.78. The summed E-state index contributed by atoms with van der Waals surface area (Å²) in [6, 6.07) is 16.0. The van der Waals surface area contributed by atoms with Crippen LogP contribution < -0.4 is 10.6 Å². The van der Waals surface area contributed by atoms with Gasteiger partial charge in [-0.15, -0.1) is 0 Å². The predicted molar refractivity (Wildman–Crippen MR) is 167 cm³/mol. The maximum atomic E-state index is 13.1. The van der Waals surface area contributed by atoms with Crippen molar-refractivity contribution < 1.29 is 52.5 Å². The predicted octanol–water partition coefficient (Wildman–Crippen LogP) is 3.24. The average Bonchev–Trinajstić information content (AvgIpc) is 3.32. The zero-order chi connectivity index (χ0) is 35.1. The number of hydrogen-bond donors (Lipinski definition) is 6. The molecule has 0 spiro atoms. The fourth-order valence-corrected chi connectivity index (χ4v) is 5.34. The summed E-state index contributed by atoms with van der Waals surface area (Å²) >= 11 is 1.18. The highest BCUT2D eigenvalue weighted by Gasteiger charge is 2.41. The number of carboxylic acid groups (broad SMARTS) is 3. The number of amidine groups is 2. The van der Waals surface area contributed by atoms with Gasteiger partial charge in [-0.2, -0.15) is 18.2 Å². The fourth-order valence-electron chi connectivity index (χ4n) is 4.05. The Hall–Kier alpha value is -4.93. The molecular formula is C30H34F3N5O8S. The first-order valence-electron chi connectivity index (χ1n) is 14.1. The van der Waals surface area contributed by atoms with Gasteiger partial charge in [0.05, 0.1) is 6.42 Å². The smallest absolute Gasteiger partial charge is 0.481 e. The van der Waals surface area contributed by atoms with E-state index < -0.39 is 35.2 Å². The van der Waals surface area contributed by atoms with Crippen molar-refractivity contribution in [3.63, 3.8) is 0 Å². The van der Waals surface area contributed by atoms with Gasteiger partial charge >= 0.3 is 24.1 Å². The monoisotopic (exact) mass is 681 g/mol. The van der Waals surface area contributed by atoms with Crippen LogP contribution in [0, 0.1) is 5.41 Å². The number of halogens is 3. The van der Waals surface area contributed by atoms with Crippen LogP contribution in [0.5, 0.6) is 0 Å². The number of rotatable bonds is 13. The van der Waals surface area contributed by atoms with E-state index in [1.54, 1.807) is 24.3 Å². The van der Waals surface area contributed by atoms with Gasteiger partial charge in [-0.25, -0.2) is 4.79 Å². The molecule has 13 nitrogen and oxygen atoms in total. The van der Waals surface area contributed by atoms with E-state index in [1.165, 1.54) is 11.8 Å². The van der Waals surface area contributed by atoms with Crippen LogP contribution in [-0.2, 0) is 25.6 Å². The molecule has 2 unspecified atom stereocenters. The van der Waals surface area contributed by atoms with Crippen molar-refractivity contribution in [2.75, 3.05) is 19.6 Å². The highest BCUT2D eigenvalue weighted by atomic mass is 32.2. The van der Waals surface area contributed by atoms with Crippen molar-refractivity contribution in [1.82, 2.24) is 15.5 Å². The standard InChI is InChI=1S/C28H33N5O6S.C2HF3O2/c1-18-24(27(39)31-16-13-23(36)37)40-28(33(18)17-14-19-6-3-2-4-7-19)32-26(38)21-11-9-20(10-12-21)25(29)30-15-5-8-22(34)35;3-2(4,5)1(6)7/h2-4,6-7,9-12,18,24H,5,8,13-17H2,1H3,(H2,29,30)(H,31,39)(H,34,35)(H,36,37);(H,6,7). The summed E-state index contributed by atoms with van der Waals surface area (Å²) in [5.41, 5.74) is 1.97. The topological polar surface area (TPSA) is 210 Å². The van der Waals surface area contributed by atoms with Crippen LogP contribution in [-0.4, -0.2) is 98.0 Å². The zero-order valence-corrected chi connectivity index (χ0v) is 25.9. The molecule has 2 aromatic carbocycles. The van der Waals surface area contributed by atoms with Crippen molar-refractivity contribution in [3.05, 3.63) is 71.3 Å². The van der Waals surface area contributed by atoms with Crippen LogP contribution in [0.15, 0.2) is 59.6 Å². The Bertz CT molecular complexity index is 1460. The molecule has 254 valence electrons. The number of nitrogens with one attached hydrogen (secondary N) is 3. The van der Waals surface area contributed by atoms with Crippen LogP contribution >= 0.6 is 11.8 Å². The number of carboxylic acids is 3. The van der Waals surface area contributed by atoms with E-state index in [-0.39, 0.29) is 37.2 Å². The summed E-state index contributed by atoms with van der Waals surface area (Å²) in [4.78, 5) is 62.6. The SMILES string of the molecule is CC1C(C(=O)NCCC(=O)O)SC(=NC(=O)c2ccc(C(=N)NCCCC(=O)O)cc2)N1CCc1ccccc1.O=C(O)C(F)(F)F. The molecule has 17 heteroatoms. The average molecular weight is 682 g/mol. The number of benzene rings is 2. The first kappa shape index (κ1) is 38.3. The van der Waals surface area contributed by atoms with Crippen molar-refractivity contribution in [2.45, 2.75) is 50.1 Å². The summed E-state index contributed by atoms with van der Waals surface area (Å²) in [6.07, 6.45) is -4.18. The van der Waals surface area contributed by atoms with Crippen molar-refractivity contribution in [3.8, 4) is 0 Å². The lowest BCUT2D eigenvalue weighted by molar-refractivity contribution is -0.192. The van der Waals surface area contributed by atoms with Gasteiger partial charge in [0.15, 0.2) is 5.17 Å². The summed E-state index contributed by atoms with van der Waals surface area (Å²) in [5.74, 6) is -5.32. The molecule has 2 amide bonds. The molecule has 0 saturated carbocycles. The number of alkyl halides is 3. The lowest BCUT2D eigenvalue weighted by atomic mass is 10.1. The van der Waals surface area contributed by atoms with Crippen LogP contribution in [0.2, 0.25) is 0 Å². The Morgan fingerprint density at radius 3 is 2.02 bits per heavy atom. The molecule has 0 aromatic heterocycles. The molecule has 1 saturated heterocycles. The third kappa shape index (κ3) is 13.1. The Labute approximate surface area is 271 Å². The second-order valence-corrected chi connectivity index (χ2v) is 11.1. The van der Waals surface area contributed by atoms with Gasteiger partial charge in [0.1, 0.15) is 11.1 Å². The summed E-state index contributed by atoms with van der Waals surface area (Å²) < 4.78 is 31.7. The van der Waals surface area contributed by atoms with Crippen molar-refractivity contribution in [2.24, 2.45) is 4.99 Å². The summed E-state index contributed by atoms with van der Waals surface area (Å²) in [5, 5.41) is 38.2. The molecule has 0 bridgehead atoms. The van der Waals surface area contributed by atoms with Crippen LogP contribution in [0.3, 0.4) is 0 Å². The van der Waals surface area contributed by atoms with Crippen LogP contribution in [0.1, 0.15) is 47.7 Å². The van der Waals surface area contributed by atoms with E-state index in [9.17, 15) is 32.3 Å². The zero-order valence-electron chi connectivity index (χ0n) is 25.1. The molecule has 3 rings (SSSR count). The van der Waals surface area contributed by atoms with E-state index >= 15 is 0 Å². The van der Waals surface area contributed by atoms with Gasteiger partial charge in [-0.1, -0.05) is 54.2 Å². The van der Waals surface area contributed by atoms with Gasteiger partial charge in [-0.05, 0) is 37.5 Å². The Balaban J connectivity index is 0.000000984. The Kier molecular flexibility index (Phi) is 14.9. The normalized spacial score (nSPS) is 16.5. The minimum atomic E-state index is -5.08. The molecule has 1 aliphatic heterocycles. The van der Waals surface area contributed by atoms with Crippen molar-refractivity contribution >= 4 is 52.5 Å². The first-order valence-corrected chi connectivity index (χ1v) is 15.0. The van der Waals surface area contributed by atoms with E-state index in [4.69, 9.17) is 25.5 Å². The highest BCUT2D eigenvalue weighted by molar-refractivity contribution is 8.15. The van der Waals surface area contributed by atoms with E-state index in [2.05, 4.69) is 15.6 Å². The van der Waals surface area contributed by atoms with Gasteiger partial charge in [0.25, 0.3) is 5.91 Å². The quantitative estimate of drug-likeness (QED) is 0.103. The Morgan fingerprint density at radius 1 is 0.894 bits per heavy atom. The molecule has 1 fully saturated rings. The first-order chi connectivity index (χ1) is 22.1. The molecule has 2 aromatic rings. The number of aliphatic imine (C=N–C) groups is 1. The van der Waals surface area contributed by atoms with Gasteiger partial charge in [0.2, 0.25) is 5.91 Å². The lowest BCUT2D eigenvalue weighted by Gasteiger charge is -2.25. The van der Waals surface area contributed by atoms with Crippen molar-refractivity contribution in [1.29, 1.82) is 5.41 Å². The number of nitrogens with zero attached hydrogens (tertiary/aromatic N) is 2. The second-order valence-electron chi connectivity index (χ2n) is 10.0. The molecule has 0 aliphatic carbocycles. The third-order valence-corrected chi connectivity index (χ3v) is 7.92. The van der Waals surface area contributed by atoms with Gasteiger partial charge < -0.3 is 30.9 Å². The number of amides is 2. The molecule has 1 heterocycles. The number of hydrogen-bond acceptors (Lipinski definition) is 7. The number of carbonyl (C=O) groups excluding carboxylic acids is 2. The Morgan fingerprint density at radius 2 is 1.47 bits per heavy atom. The maximum absolute atomic E-state index is 13.1. The minimum Gasteiger partial charge on any atom is -0.481 e. The van der Waals surface area contributed by atoms with Gasteiger partial charge in [-0.3, -0.25) is 24.6 Å². The fraction of sp³-hybridized carbons (Fsp3) is 0.367. The number of aliphatic carboxylic acids is 3. The molecule has 47 heavy (non-hydrogen) atoms. The van der Waals surface area contributed by atoms with E-state index in [1.807, 2.05) is 42.2 Å². The third-order valence-electron chi connectivity index (χ3n) is 6.52. The van der Waals surface area contributed by atoms with Crippen LogP contribution in [0.25, 0.3) is 0 Å².